The Morgan fingerprint density at radius 1 is 1.18 bits per heavy atom. The van der Waals surface area contributed by atoms with E-state index in [0.29, 0.717) is 17.9 Å². The van der Waals surface area contributed by atoms with Crippen LogP contribution in [0.15, 0.2) is 29.3 Å². The van der Waals surface area contributed by atoms with E-state index in [1.54, 1.807) is 0 Å². The third-order valence-electron chi connectivity index (χ3n) is 3.07. The van der Waals surface area contributed by atoms with Gasteiger partial charge in [0.25, 0.3) is 0 Å². The van der Waals surface area contributed by atoms with Crippen LogP contribution in [0.4, 0.5) is 0 Å². The summed E-state index contributed by atoms with van der Waals surface area (Å²) in [6.45, 7) is 0.267. The Labute approximate surface area is 104 Å². The standard InChI is InChI=1S/C13H11ClO3/c14-10-3-9(4-11(15)6-10)8-1-2-12-13(5-8)17-7-16-12/h1-2,5-6,9H,3-4,7H2/t9-/m0/s1. The quantitative estimate of drug-likeness (QED) is 0.769. The third kappa shape index (κ3) is 2.03. The van der Waals surface area contributed by atoms with Crippen molar-refractivity contribution in [2.24, 2.45) is 0 Å². The van der Waals surface area contributed by atoms with E-state index in [9.17, 15) is 4.79 Å². The summed E-state index contributed by atoms with van der Waals surface area (Å²) in [4.78, 5) is 11.5. The van der Waals surface area contributed by atoms with Gasteiger partial charge in [-0.3, -0.25) is 4.79 Å². The minimum absolute atomic E-state index is 0.0870. The van der Waals surface area contributed by atoms with Crippen molar-refractivity contribution in [3.05, 3.63) is 34.9 Å². The Bertz CT molecular complexity index is 507. The lowest BCUT2D eigenvalue weighted by molar-refractivity contribution is -0.115. The smallest absolute Gasteiger partial charge is 0.231 e. The molecule has 2 aliphatic rings. The fourth-order valence-corrected chi connectivity index (χ4v) is 2.55. The molecule has 1 aliphatic carbocycles. The van der Waals surface area contributed by atoms with E-state index in [0.717, 1.165) is 17.1 Å². The molecule has 0 N–H and O–H groups in total. The predicted octanol–water partition coefficient (Wildman–Crippen LogP) is 2.98. The van der Waals surface area contributed by atoms with Crippen molar-refractivity contribution in [2.75, 3.05) is 6.79 Å². The van der Waals surface area contributed by atoms with Gasteiger partial charge in [-0.15, -0.1) is 0 Å². The van der Waals surface area contributed by atoms with E-state index in [1.807, 2.05) is 18.2 Å². The van der Waals surface area contributed by atoms with Crippen molar-refractivity contribution in [2.45, 2.75) is 18.8 Å². The molecule has 1 heterocycles. The molecule has 3 rings (SSSR count). The summed E-state index contributed by atoms with van der Waals surface area (Å²) in [5.74, 6) is 1.75. The van der Waals surface area contributed by atoms with Gasteiger partial charge in [0.1, 0.15) is 0 Å². The number of ether oxygens (including phenoxy) is 2. The maximum Gasteiger partial charge on any atom is 0.231 e. The van der Waals surface area contributed by atoms with Crippen LogP contribution in [0.5, 0.6) is 11.5 Å². The van der Waals surface area contributed by atoms with Crippen LogP contribution in [0.1, 0.15) is 24.3 Å². The lowest BCUT2D eigenvalue weighted by Crippen LogP contribution is -2.10. The van der Waals surface area contributed by atoms with Gasteiger partial charge < -0.3 is 9.47 Å². The summed E-state index contributed by atoms with van der Waals surface area (Å²) in [5.41, 5.74) is 1.08. The lowest BCUT2D eigenvalue weighted by atomic mass is 9.87. The molecule has 0 radical (unpaired) electrons. The van der Waals surface area contributed by atoms with E-state index in [4.69, 9.17) is 21.1 Å². The zero-order valence-corrected chi connectivity index (χ0v) is 9.87. The third-order valence-corrected chi connectivity index (χ3v) is 3.34. The Hall–Kier alpha value is -1.48. The Morgan fingerprint density at radius 2 is 2.00 bits per heavy atom. The van der Waals surface area contributed by atoms with Crippen LogP contribution in [-0.2, 0) is 4.79 Å². The van der Waals surface area contributed by atoms with Gasteiger partial charge >= 0.3 is 0 Å². The van der Waals surface area contributed by atoms with Crippen LogP contribution in [0, 0.1) is 0 Å². The van der Waals surface area contributed by atoms with Crippen molar-refractivity contribution in [3.63, 3.8) is 0 Å². The van der Waals surface area contributed by atoms with Gasteiger partial charge in [0.05, 0.1) is 0 Å². The SMILES string of the molecule is O=C1C=C(Cl)C[C@H](c2ccc3c(c2)OCO3)C1. The second-order valence-electron chi connectivity index (χ2n) is 4.28. The molecule has 0 spiro atoms. The molecular weight excluding hydrogens is 240 g/mol. The number of rotatable bonds is 1. The van der Waals surface area contributed by atoms with Gasteiger partial charge in [0, 0.05) is 11.5 Å². The highest BCUT2D eigenvalue weighted by molar-refractivity contribution is 6.31. The molecule has 0 bridgehead atoms. The Kier molecular flexibility index (Phi) is 2.56. The Balaban J connectivity index is 1.90. The summed E-state index contributed by atoms with van der Waals surface area (Å²) in [6.07, 6.45) is 2.74. The van der Waals surface area contributed by atoms with Crippen LogP contribution in [0.2, 0.25) is 0 Å². The van der Waals surface area contributed by atoms with E-state index in [1.165, 1.54) is 6.08 Å². The normalized spacial score (nSPS) is 22.5. The van der Waals surface area contributed by atoms with Gasteiger partial charge in [-0.25, -0.2) is 0 Å². The minimum Gasteiger partial charge on any atom is -0.454 e. The van der Waals surface area contributed by atoms with E-state index >= 15 is 0 Å². The Morgan fingerprint density at radius 3 is 2.82 bits per heavy atom. The average molecular weight is 251 g/mol. The molecule has 0 saturated carbocycles. The molecule has 17 heavy (non-hydrogen) atoms. The number of ketones is 1. The van der Waals surface area contributed by atoms with Crippen molar-refractivity contribution in [1.82, 2.24) is 0 Å². The van der Waals surface area contributed by atoms with E-state index < -0.39 is 0 Å². The van der Waals surface area contributed by atoms with Gasteiger partial charge in [0.15, 0.2) is 17.3 Å². The summed E-state index contributed by atoms with van der Waals surface area (Å²) in [6, 6.07) is 5.80. The number of carbonyl (C=O) groups is 1. The van der Waals surface area contributed by atoms with E-state index in [2.05, 4.69) is 0 Å². The second kappa shape index (κ2) is 4.08. The molecule has 1 aromatic rings. The molecule has 3 nitrogen and oxygen atoms in total. The molecule has 1 atom stereocenters. The monoisotopic (exact) mass is 250 g/mol. The first kappa shape index (κ1) is 10.7. The number of allylic oxidation sites excluding steroid dienone is 2. The summed E-state index contributed by atoms with van der Waals surface area (Å²) >= 11 is 5.96. The zero-order chi connectivity index (χ0) is 11.8. The van der Waals surface area contributed by atoms with Gasteiger partial charge in [-0.05, 0) is 36.1 Å². The van der Waals surface area contributed by atoms with Gasteiger partial charge in [-0.2, -0.15) is 0 Å². The predicted molar refractivity (Wildman–Crippen MR) is 63.5 cm³/mol. The first-order valence-electron chi connectivity index (χ1n) is 5.51. The molecule has 0 aromatic heterocycles. The number of hydrogen-bond donors (Lipinski definition) is 0. The number of carbonyl (C=O) groups excluding carboxylic acids is 1. The lowest BCUT2D eigenvalue weighted by Gasteiger charge is -2.19. The number of halogens is 1. The highest BCUT2D eigenvalue weighted by Crippen LogP contribution is 2.39. The largest absolute Gasteiger partial charge is 0.454 e. The molecular formula is C13H11ClO3. The molecule has 1 aromatic carbocycles. The van der Waals surface area contributed by atoms with E-state index in [-0.39, 0.29) is 18.5 Å². The summed E-state index contributed by atoms with van der Waals surface area (Å²) < 4.78 is 10.6. The maximum atomic E-state index is 11.5. The maximum absolute atomic E-state index is 11.5. The van der Waals surface area contributed by atoms with Crippen LogP contribution in [0.25, 0.3) is 0 Å². The van der Waals surface area contributed by atoms with Crippen molar-refractivity contribution in [1.29, 1.82) is 0 Å². The second-order valence-corrected chi connectivity index (χ2v) is 4.76. The first-order valence-corrected chi connectivity index (χ1v) is 5.88. The summed E-state index contributed by atoms with van der Waals surface area (Å²) in [5, 5.41) is 0.629. The highest BCUT2D eigenvalue weighted by atomic mass is 35.5. The molecule has 0 amide bonds. The van der Waals surface area contributed by atoms with Gasteiger partial charge in [0.2, 0.25) is 6.79 Å². The van der Waals surface area contributed by atoms with Gasteiger partial charge in [-0.1, -0.05) is 17.7 Å². The minimum atomic E-state index is 0.0870. The number of fused-ring (bicyclic) bond motifs is 1. The highest BCUT2D eigenvalue weighted by Gasteiger charge is 2.23. The summed E-state index contributed by atoms with van der Waals surface area (Å²) in [7, 11) is 0. The number of hydrogen-bond acceptors (Lipinski definition) is 3. The topological polar surface area (TPSA) is 35.5 Å². The molecule has 1 aliphatic heterocycles. The van der Waals surface area contributed by atoms with Crippen LogP contribution >= 0.6 is 11.6 Å². The number of benzene rings is 1. The molecule has 88 valence electrons. The fraction of sp³-hybridized carbons (Fsp3) is 0.308. The molecule has 0 unspecified atom stereocenters. The van der Waals surface area contributed by atoms with Crippen LogP contribution in [-0.4, -0.2) is 12.6 Å². The molecule has 4 heteroatoms. The first-order chi connectivity index (χ1) is 8.22. The van der Waals surface area contributed by atoms with Crippen LogP contribution in [0.3, 0.4) is 0 Å². The fourth-order valence-electron chi connectivity index (χ4n) is 2.25. The zero-order valence-electron chi connectivity index (χ0n) is 9.11. The molecule has 0 fully saturated rings. The van der Waals surface area contributed by atoms with Crippen molar-refractivity contribution < 1.29 is 14.3 Å². The average Bonchev–Trinajstić information content (AvgIpc) is 2.74. The van der Waals surface area contributed by atoms with Crippen molar-refractivity contribution in [3.8, 4) is 11.5 Å². The molecule has 0 saturated heterocycles. The van der Waals surface area contributed by atoms with Crippen molar-refractivity contribution >= 4 is 17.4 Å². The van der Waals surface area contributed by atoms with Crippen LogP contribution < -0.4 is 9.47 Å².